The molecule has 3 aromatic carbocycles. The first-order valence-electron chi connectivity index (χ1n) is 11.4. The Morgan fingerprint density at radius 2 is 1.45 bits per heavy atom. The van der Waals surface area contributed by atoms with Gasteiger partial charge >= 0.3 is 12.1 Å². The highest BCUT2D eigenvalue weighted by molar-refractivity contribution is 5.81. The van der Waals surface area contributed by atoms with Gasteiger partial charge in [-0.25, -0.2) is 9.59 Å². The van der Waals surface area contributed by atoms with Crippen LogP contribution in [0.5, 0.6) is 0 Å². The van der Waals surface area contributed by atoms with Crippen molar-refractivity contribution in [3.05, 3.63) is 95.1 Å². The van der Waals surface area contributed by atoms with Crippen LogP contribution in [-0.4, -0.2) is 41.8 Å². The lowest BCUT2D eigenvalue weighted by molar-refractivity contribution is -0.142. The zero-order chi connectivity index (χ0) is 23.4. The fraction of sp³-hybridized carbons (Fsp3) is 0.286. The van der Waals surface area contributed by atoms with Crippen molar-refractivity contribution < 1.29 is 19.4 Å². The Kier molecular flexibility index (Phi) is 6.78. The maximum atomic E-state index is 12.8. The minimum absolute atomic E-state index is 0.0601. The smallest absolute Gasteiger partial charge is 0.410 e. The number of fused-ring (bicyclic) bond motifs is 3. The minimum atomic E-state index is -1.03. The predicted octanol–water partition coefficient (Wildman–Crippen LogP) is 5.52. The predicted molar refractivity (Wildman–Crippen MR) is 128 cm³/mol. The van der Waals surface area contributed by atoms with Gasteiger partial charge in [-0.15, -0.1) is 0 Å². The second-order valence-corrected chi connectivity index (χ2v) is 8.48. The first-order chi connectivity index (χ1) is 16.0. The molecule has 0 heterocycles. The summed E-state index contributed by atoms with van der Waals surface area (Å²) in [4.78, 5) is 25.9. The normalized spacial score (nSPS) is 13.2. The average Bonchev–Trinajstić information content (AvgIpc) is 3.16. The summed E-state index contributed by atoms with van der Waals surface area (Å²) < 4.78 is 5.64. The van der Waals surface area contributed by atoms with Gasteiger partial charge < -0.3 is 9.84 Å². The highest BCUT2D eigenvalue weighted by Gasteiger charge is 2.31. The minimum Gasteiger partial charge on any atom is -0.480 e. The molecule has 0 aromatic heterocycles. The van der Waals surface area contributed by atoms with E-state index >= 15 is 0 Å². The van der Waals surface area contributed by atoms with Crippen LogP contribution in [-0.2, 0) is 22.4 Å². The van der Waals surface area contributed by atoms with Gasteiger partial charge in [-0.1, -0.05) is 79.7 Å². The van der Waals surface area contributed by atoms with Gasteiger partial charge in [0.1, 0.15) is 12.6 Å². The van der Waals surface area contributed by atoms with Crippen molar-refractivity contribution in [1.29, 1.82) is 0 Å². The van der Waals surface area contributed by atoms with E-state index in [1.165, 1.54) is 17.5 Å². The van der Waals surface area contributed by atoms with E-state index < -0.39 is 18.1 Å². The first kappa shape index (κ1) is 22.6. The summed E-state index contributed by atoms with van der Waals surface area (Å²) in [6.07, 6.45) is 1.23. The molecule has 3 aromatic rings. The number of aliphatic carboxylic acids is 1. The van der Waals surface area contributed by atoms with Crippen molar-refractivity contribution in [3.63, 3.8) is 0 Å². The topological polar surface area (TPSA) is 66.8 Å². The first-order valence-corrected chi connectivity index (χ1v) is 11.4. The maximum absolute atomic E-state index is 12.8. The van der Waals surface area contributed by atoms with Crippen LogP contribution in [0.3, 0.4) is 0 Å². The van der Waals surface area contributed by atoms with Gasteiger partial charge in [0.15, 0.2) is 0 Å². The molecule has 1 unspecified atom stereocenters. The number of ether oxygens (including phenoxy) is 1. The summed E-state index contributed by atoms with van der Waals surface area (Å²) in [5.41, 5.74) is 6.85. The van der Waals surface area contributed by atoms with Gasteiger partial charge in [-0.3, -0.25) is 4.90 Å². The number of likely N-dealkylation sites (N-methyl/N-ethyl adjacent to an activating group) is 1. The zero-order valence-electron chi connectivity index (χ0n) is 19.0. The number of nitrogens with zero attached hydrogens (tertiary/aromatic N) is 1. The number of rotatable bonds is 8. The number of carboxylic acid groups (broad SMARTS) is 1. The number of carboxylic acids is 1. The van der Waals surface area contributed by atoms with E-state index in [0.717, 1.165) is 34.2 Å². The lowest BCUT2D eigenvalue weighted by atomic mass is 9.98. The van der Waals surface area contributed by atoms with E-state index in [9.17, 15) is 14.7 Å². The Hall–Kier alpha value is -3.60. The van der Waals surface area contributed by atoms with Crippen LogP contribution in [0.2, 0.25) is 0 Å². The number of aryl methyl sites for hydroxylation is 2. The van der Waals surface area contributed by atoms with Crippen molar-refractivity contribution in [2.75, 3.05) is 13.7 Å². The van der Waals surface area contributed by atoms with Crippen molar-refractivity contribution >= 4 is 12.1 Å². The molecule has 0 aliphatic heterocycles. The lowest BCUT2D eigenvalue weighted by Gasteiger charge is -2.25. The number of benzene rings is 3. The lowest BCUT2D eigenvalue weighted by Crippen LogP contribution is -2.43. The molecular formula is C28H29NO4. The summed E-state index contributed by atoms with van der Waals surface area (Å²) in [5.74, 6) is -1.09. The van der Waals surface area contributed by atoms with Crippen molar-refractivity contribution in [1.82, 2.24) is 4.90 Å². The third-order valence-electron chi connectivity index (χ3n) is 6.51. The molecule has 5 nitrogen and oxygen atoms in total. The van der Waals surface area contributed by atoms with Gasteiger partial charge in [0.05, 0.1) is 0 Å². The number of hydrogen-bond donors (Lipinski definition) is 1. The van der Waals surface area contributed by atoms with Crippen molar-refractivity contribution in [2.24, 2.45) is 0 Å². The highest BCUT2D eigenvalue weighted by atomic mass is 16.6. The average molecular weight is 444 g/mol. The Morgan fingerprint density at radius 3 is 2.00 bits per heavy atom. The van der Waals surface area contributed by atoms with E-state index in [1.54, 1.807) is 0 Å². The van der Waals surface area contributed by atoms with E-state index in [0.29, 0.717) is 12.8 Å². The molecule has 5 heteroatoms. The number of carbonyl (C=O) groups is 2. The monoisotopic (exact) mass is 443 g/mol. The van der Waals surface area contributed by atoms with Gasteiger partial charge in [-0.2, -0.15) is 0 Å². The van der Waals surface area contributed by atoms with Crippen LogP contribution in [0.4, 0.5) is 4.79 Å². The summed E-state index contributed by atoms with van der Waals surface area (Å²) in [5, 5.41) is 9.74. The molecule has 33 heavy (non-hydrogen) atoms. The molecular weight excluding hydrogens is 414 g/mol. The maximum Gasteiger partial charge on any atom is 0.410 e. The summed E-state index contributed by atoms with van der Waals surface area (Å²) in [6, 6.07) is 23.4. The standard InChI is InChI=1S/C28H29NO4/c1-3-19-12-14-20(15-13-19)16-17-26(27(30)31)29(2)28(32)33-18-25-23-10-6-4-8-21(23)22-9-5-7-11-24(22)25/h4-15,25-26H,3,16-18H2,1-2H3,(H,30,31). The molecule has 1 aliphatic rings. The quantitative estimate of drug-likeness (QED) is 0.498. The highest BCUT2D eigenvalue weighted by Crippen LogP contribution is 2.44. The molecule has 0 radical (unpaired) electrons. The van der Waals surface area contributed by atoms with E-state index in [4.69, 9.17) is 4.74 Å². The van der Waals surface area contributed by atoms with Gasteiger partial charge in [0.25, 0.3) is 0 Å². The van der Waals surface area contributed by atoms with Crippen LogP contribution >= 0.6 is 0 Å². The molecule has 0 bridgehead atoms. The molecule has 1 aliphatic carbocycles. The second-order valence-electron chi connectivity index (χ2n) is 8.48. The largest absolute Gasteiger partial charge is 0.480 e. The summed E-state index contributed by atoms with van der Waals surface area (Å²) in [7, 11) is 1.50. The molecule has 0 spiro atoms. The molecule has 1 N–H and O–H groups in total. The fourth-order valence-electron chi connectivity index (χ4n) is 4.55. The molecule has 0 saturated heterocycles. The van der Waals surface area contributed by atoms with Gasteiger partial charge in [0.2, 0.25) is 0 Å². The molecule has 4 rings (SSSR count). The summed E-state index contributed by atoms with van der Waals surface area (Å²) in [6.45, 7) is 2.26. The fourth-order valence-corrected chi connectivity index (χ4v) is 4.55. The Balaban J connectivity index is 1.41. The number of carbonyl (C=O) groups excluding carboxylic acids is 1. The molecule has 170 valence electrons. The number of amides is 1. The van der Waals surface area contributed by atoms with Crippen LogP contribution in [0, 0.1) is 0 Å². The van der Waals surface area contributed by atoms with E-state index in [-0.39, 0.29) is 12.5 Å². The third kappa shape index (κ3) is 4.77. The van der Waals surface area contributed by atoms with Crippen molar-refractivity contribution in [3.8, 4) is 11.1 Å². The third-order valence-corrected chi connectivity index (χ3v) is 6.51. The Morgan fingerprint density at radius 1 is 0.909 bits per heavy atom. The number of hydrogen-bond acceptors (Lipinski definition) is 3. The van der Waals surface area contributed by atoms with Crippen LogP contribution in [0.1, 0.15) is 41.5 Å². The molecule has 0 fully saturated rings. The zero-order valence-corrected chi connectivity index (χ0v) is 19.0. The molecule has 1 amide bonds. The Bertz CT molecular complexity index is 1090. The van der Waals surface area contributed by atoms with Gasteiger partial charge in [-0.05, 0) is 52.6 Å². The van der Waals surface area contributed by atoms with Crippen LogP contribution in [0.25, 0.3) is 11.1 Å². The van der Waals surface area contributed by atoms with Crippen molar-refractivity contribution in [2.45, 2.75) is 38.1 Å². The summed E-state index contributed by atoms with van der Waals surface area (Å²) >= 11 is 0. The Labute approximate surface area is 194 Å². The van der Waals surface area contributed by atoms with Gasteiger partial charge in [0, 0.05) is 13.0 Å². The van der Waals surface area contributed by atoms with Crippen LogP contribution < -0.4 is 0 Å². The van der Waals surface area contributed by atoms with E-state index in [1.807, 2.05) is 36.4 Å². The second kappa shape index (κ2) is 9.90. The van der Waals surface area contributed by atoms with E-state index in [2.05, 4.69) is 43.3 Å². The molecule has 0 saturated carbocycles. The SMILES string of the molecule is CCc1ccc(CCC(C(=O)O)N(C)C(=O)OCC2c3ccccc3-c3ccccc32)cc1. The van der Waals surface area contributed by atoms with Crippen LogP contribution in [0.15, 0.2) is 72.8 Å². The molecule has 1 atom stereocenters.